The molecule has 1 heterocycles. The van der Waals surface area contributed by atoms with Gasteiger partial charge in [0.05, 0.1) is 0 Å². The molecule has 0 saturated heterocycles. The summed E-state index contributed by atoms with van der Waals surface area (Å²) >= 11 is 0. The molecular formula is C15H18N2. The van der Waals surface area contributed by atoms with Gasteiger partial charge < -0.3 is 5.32 Å². The zero-order valence-corrected chi connectivity index (χ0v) is 10.1. The molecule has 0 bridgehead atoms. The van der Waals surface area contributed by atoms with Crippen molar-refractivity contribution in [2.24, 2.45) is 0 Å². The van der Waals surface area contributed by atoms with Gasteiger partial charge in [-0.25, -0.2) is 0 Å². The van der Waals surface area contributed by atoms with Gasteiger partial charge in [-0.3, -0.25) is 4.98 Å². The van der Waals surface area contributed by atoms with E-state index in [9.17, 15) is 0 Å². The summed E-state index contributed by atoms with van der Waals surface area (Å²) in [5.41, 5.74) is 2.46. The Balaban J connectivity index is 1.80. The van der Waals surface area contributed by atoms with Gasteiger partial charge in [-0.2, -0.15) is 0 Å². The molecule has 0 unspecified atom stereocenters. The fourth-order valence-corrected chi connectivity index (χ4v) is 1.79. The minimum Gasteiger partial charge on any atom is -0.310 e. The fraction of sp³-hybridized carbons (Fsp3) is 0.267. The van der Waals surface area contributed by atoms with E-state index in [0.717, 1.165) is 18.7 Å². The number of rotatable bonds is 5. The second-order valence-electron chi connectivity index (χ2n) is 4.29. The Kier molecular flexibility index (Phi) is 4.28. The van der Waals surface area contributed by atoms with Gasteiger partial charge in [0.2, 0.25) is 0 Å². The van der Waals surface area contributed by atoms with Crippen LogP contribution >= 0.6 is 0 Å². The largest absolute Gasteiger partial charge is 0.310 e. The van der Waals surface area contributed by atoms with Crippen LogP contribution in [0.25, 0.3) is 0 Å². The van der Waals surface area contributed by atoms with E-state index in [0.29, 0.717) is 6.04 Å². The zero-order valence-electron chi connectivity index (χ0n) is 10.1. The summed E-state index contributed by atoms with van der Waals surface area (Å²) in [6, 6.07) is 17.0. The Bertz CT molecular complexity index is 425. The maximum atomic E-state index is 4.33. The molecule has 0 spiro atoms. The normalized spacial score (nSPS) is 12.3. The van der Waals surface area contributed by atoms with Crippen LogP contribution < -0.4 is 5.32 Å². The number of hydrogen-bond acceptors (Lipinski definition) is 2. The van der Waals surface area contributed by atoms with E-state index in [-0.39, 0.29) is 0 Å². The highest BCUT2D eigenvalue weighted by atomic mass is 14.9. The zero-order chi connectivity index (χ0) is 11.9. The summed E-state index contributed by atoms with van der Waals surface area (Å²) in [6.45, 7) is 3.10. The molecule has 0 radical (unpaired) electrons. The highest BCUT2D eigenvalue weighted by Gasteiger charge is 2.03. The third-order valence-electron chi connectivity index (χ3n) is 2.74. The smallest absolute Gasteiger partial charge is 0.0419 e. The van der Waals surface area contributed by atoms with E-state index >= 15 is 0 Å². The Morgan fingerprint density at radius 1 is 1.06 bits per heavy atom. The molecule has 0 fully saturated rings. The summed E-state index contributed by atoms with van der Waals surface area (Å²) < 4.78 is 0. The minimum absolute atomic E-state index is 0.435. The highest BCUT2D eigenvalue weighted by Crippen LogP contribution is 2.02. The lowest BCUT2D eigenvalue weighted by atomic mass is 10.1. The van der Waals surface area contributed by atoms with Crippen LogP contribution in [0, 0.1) is 0 Å². The van der Waals surface area contributed by atoms with Crippen LogP contribution in [0.4, 0.5) is 0 Å². The van der Waals surface area contributed by atoms with Gasteiger partial charge in [-0.1, -0.05) is 36.4 Å². The van der Waals surface area contributed by atoms with Gasteiger partial charge >= 0.3 is 0 Å². The van der Waals surface area contributed by atoms with Crippen LogP contribution in [0.1, 0.15) is 18.2 Å². The first-order valence-electron chi connectivity index (χ1n) is 6.02. The summed E-state index contributed by atoms with van der Waals surface area (Å²) in [5.74, 6) is 0. The lowest BCUT2D eigenvalue weighted by Crippen LogP contribution is -2.27. The van der Waals surface area contributed by atoms with E-state index in [1.807, 2.05) is 24.4 Å². The molecule has 2 heteroatoms. The van der Waals surface area contributed by atoms with Crippen LogP contribution in [0.15, 0.2) is 54.7 Å². The van der Waals surface area contributed by atoms with Gasteiger partial charge in [0.15, 0.2) is 0 Å². The molecule has 1 aromatic carbocycles. The number of benzene rings is 1. The topological polar surface area (TPSA) is 24.9 Å². The van der Waals surface area contributed by atoms with E-state index in [1.165, 1.54) is 5.56 Å². The van der Waals surface area contributed by atoms with Crippen molar-refractivity contribution in [2.75, 3.05) is 0 Å². The van der Waals surface area contributed by atoms with Crippen molar-refractivity contribution in [3.63, 3.8) is 0 Å². The van der Waals surface area contributed by atoms with Crippen molar-refractivity contribution < 1.29 is 0 Å². The third-order valence-corrected chi connectivity index (χ3v) is 2.74. The standard InChI is InChI=1S/C15H18N2/c1-13(11-15-9-5-6-10-16-15)17-12-14-7-3-2-4-8-14/h2-10,13,17H,11-12H2,1H3/t13-/m1/s1. The van der Waals surface area contributed by atoms with Crippen LogP contribution in [0.3, 0.4) is 0 Å². The summed E-state index contributed by atoms with van der Waals surface area (Å²) in [5, 5.41) is 3.51. The molecule has 0 amide bonds. The van der Waals surface area contributed by atoms with Gasteiger partial charge in [0, 0.05) is 30.9 Å². The molecule has 1 atom stereocenters. The first-order chi connectivity index (χ1) is 8.34. The Hall–Kier alpha value is -1.67. The Morgan fingerprint density at radius 2 is 1.82 bits per heavy atom. The van der Waals surface area contributed by atoms with E-state index in [4.69, 9.17) is 0 Å². The molecular weight excluding hydrogens is 208 g/mol. The molecule has 1 N–H and O–H groups in total. The van der Waals surface area contributed by atoms with Crippen LogP contribution in [0.2, 0.25) is 0 Å². The molecule has 0 saturated carbocycles. The van der Waals surface area contributed by atoms with Crippen LogP contribution in [-0.4, -0.2) is 11.0 Å². The van der Waals surface area contributed by atoms with Crippen LogP contribution in [0.5, 0.6) is 0 Å². The van der Waals surface area contributed by atoms with E-state index in [2.05, 4.69) is 47.6 Å². The summed E-state index contributed by atoms with van der Waals surface area (Å²) in [6.07, 6.45) is 2.81. The molecule has 1 aromatic heterocycles. The molecule has 0 aliphatic heterocycles. The van der Waals surface area contributed by atoms with E-state index in [1.54, 1.807) is 0 Å². The van der Waals surface area contributed by atoms with Crippen molar-refractivity contribution in [2.45, 2.75) is 25.9 Å². The number of nitrogens with zero attached hydrogens (tertiary/aromatic N) is 1. The number of hydrogen-bond donors (Lipinski definition) is 1. The van der Waals surface area contributed by atoms with Crippen molar-refractivity contribution in [3.05, 3.63) is 66.0 Å². The summed E-state index contributed by atoms with van der Waals surface area (Å²) in [7, 11) is 0. The highest BCUT2D eigenvalue weighted by molar-refractivity contribution is 5.14. The molecule has 2 aromatic rings. The molecule has 0 aliphatic carbocycles. The second kappa shape index (κ2) is 6.16. The number of nitrogens with one attached hydrogen (secondary N) is 1. The maximum Gasteiger partial charge on any atom is 0.0419 e. The fourth-order valence-electron chi connectivity index (χ4n) is 1.79. The van der Waals surface area contributed by atoms with Gasteiger partial charge in [0.25, 0.3) is 0 Å². The lowest BCUT2D eigenvalue weighted by molar-refractivity contribution is 0.540. The van der Waals surface area contributed by atoms with Crippen molar-refractivity contribution in [1.29, 1.82) is 0 Å². The molecule has 2 nitrogen and oxygen atoms in total. The van der Waals surface area contributed by atoms with Gasteiger partial charge in [-0.05, 0) is 24.6 Å². The molecule has 17 heavy (non-hydrogen) atoms. The monoisotopic (exact) mass is 226 g/mol. The first-order valence-corrected chi connectivity index (χ1v) is 6.02. The Morgan fingerprint density at radius 3 is 2.53 bits per heavy atom. The lowest BCUT2D eigenvalue weighted by Gasteiger charge is -2.13. The number of pyridine rings is 1. The van der Waals surface area contributed by atoms with Crippen molar-refractivity contribution in [3.8, 4) is 0 Å². The predicted molar refractivity (Wildman–Crippen MR) is 70.7 cm³/mol. The Labute approximate surface area is 103 Å². The van der Waals surface area contributed by atoms with Gasteiger partial charge in [-0.15, -0.1) is 0 Å². The quantitative estimate of drug-likeness (QED) is 0.848. The SMILES string of the molecule is C[C@H](Cc1ccccn1)NCc1ccccc1. The molecule has 2 rings (SSSR count). The maximum absolute atomic E-state index is 4.33. The van der Waals surface area contributed by atoms with Crippen molar-refractivity contribution in [1.82, 2.24) is 10.3 Å². The second-order valence-corrected chi connectivity index (χ2v) is 4.29. The third kappa shape index (κ3) is 4.00. The van der Waals surface area contributed by atoms with Gasteiger partial charge in [0.1, 0.15) is 0 Å². The van der Waals surface area contributed by atoms with Crippen LogP contribution in [-0.2, 0) is 13.0 Å². The van der Waals surface area contributed by atoms with Crippen molar-refractivity contribution >= 4 is 0 Å². The average molecular weight is 226 g/mol. The molecule has 0 aliphatic rings. The first kappa shape index (κ1) is 11.8. The molecule has 88 valence electrons. The minimum atomic E-state index is 0.435. The average Bonchev–Trinajstić information content (AvgIpc) is 2.39. The summed E-state index contributed by atoms with van der Waals surface area (Å²) in [4.78, 5) is 4.33. The van der Waals surface area contributed by atoms with E-state index < -0.39 is 0 Å². The number of aromatic nitrogens is 1. The predicted octanol–water partition coefficient (Wildman–Crippen LogP) is 2.80.